The standard InChI is InChI=1S/C25H30N4O3S/c1-4-28-15-12-20-21(16-28)33-23(29-13-6-7-14-29)22(20)17(3)26-25(31)27-19-10-8-18(9-11-19)24(30)32-5-2/h6-11,13-14,17H,4-5,12,15-16H2,1-3H3,(H2,26,27,31). The SMILES string of the molecule is CCOC(=O)c1ccc(NC(=O)NC(C)c2c(-n3cccc3)sc3c2CCN(CC)C3)cc1. The molecule has 1 aliphatic rings. The van der Waals surface area contributed by atoms with E-state index < -0.39 is 0 Å². The highest BCUT2D eigenvalue weighted by atomic mass is 32.1. The third kappa shape index (κ3) is 5.12. The average Bonchev–Trinajstić information content (AvgIpc) is 3.47. The molecule has 8 heteroatoms. The maximum Gasteiger partial charge on any atom is 0.338 e. The van der Waals surface area contributed by atoms with Crippen molar-refractivity contribution in [2.45, 2.75) is 39.8 Å². The molecule has 0 radical (unpaired) electrons. The normalized spacial score (nSPS) is 14.4. The number of esters is 1. The number of hydrogen-bond donors (Lipinski definition) is 2. The van der Waals surface area contributed by atoms with E-state index in [1.54, 1.807) is 31.2 Å². The minimum atomic E-state index is -0.372. The van der Waals surface area contributed by atoms with Gasteiger partial charge in [0.25, 0.3) is 0 Å². The molecule has 7 nitrogen and oxygen atoms in total. The van der Waals surface area contributed by atoms with Crippen LogP contribution in [0.3, 0.4) is 0 Å². The lowest BCUT2D eigenvalue weighted by Crippen LogP contribution is -2.33. The second kappa shape index (κ2) is 10.2. The smallest absolute Gasteiger partial charge is 0.338 e. The van der Waals surface area contributed by atoms with Gasteiger partial charge in [-0.3, -0.25) is 4.90 Å². The van der Waals surface area contributed by atoms with Crippen LogP contribution in [0.15, 0.2) is 48.8 Å². The van der Waals surface area contributed by atoms with Crippen LogP contribution in [-0.4, -0.2) is 41.2 Å². The minimum Gasteiger partial charge on any atom is -0.462 e. The van der Waals surface area contributed by atoms with Crippen molar-refractivity contribution in [1.82, 2.24) is 14.8 Å². The van der Waals surface area contributed by atoms with Gasteiger partial charge in [0.2, 0.25) is 0 Å². The van der Waals surface area contributed by atoms with E-state index in [1.807, 2.05) is 30.4 Å². The number of nitrogens with zero attached hydrogens (tertiary/aromatic N) is 2. The number of rotatable bonds is 7. The fraction of sp³-hybridized carbons (Fsp3) is 0.360. The summed E-state index contributed by atoms with van der Waals surface area (Å²) in [6.07, 6.45) is 5.09. The number of benzene rings is 1. The van der Waals surface area contributed by atoms with Gasteiger partial charge in [-0.2, -0.15) is 0 Å². The average molecular weight is 467 g/mol. The third-order valence-corrected chi connectivity index (χ3v) is 7.12. The molecular formula is C25H30N4O3S. The first kappa shape index (κ1) is 23.1. The molecule has 4 rings (SSSR count). The molecule has 0 spiro atoms. The van der Waals surface area contributed by atoms with E-state index in [2.05, 4.69) is 39.4 Å². The number of fused-ring (bicyclic) bond motifs is 1. The van der Waals surface area contributed by atoms with Crippen molar-refractivity contribution in [2.24, 2.45) is 0 Å². The molecule has 3 aromatic rings. The predicted octanol–water partition coefficient (Wildman–Crippen LogP) is 4.98. The van der Waals surface area contributed by atoms with Gasteiger partial charge in [-0.1, -0.05) is 6.92 Å². The summed E-state index contributed by atoms with van der Waals surface area (Å²) in [5, 5.41) is 7.14. The summed E-state index contributed by atoms with van der Waals surface area (Å²) >= 11 is 1.81. The number of ether oxygens (including phenoxy) is 1. The van der Waals surface area contributed by atoms with Crippen molar-refractivity contribution in [3.05, 3.63) is 70.4 Å². The van der Waals surface area contributed by atoms with E-state index in [4.69, 9.17) is 4.74 Å². The first-order valence-corrected chi connectivity index (χ1v) is 12.2. The Hall–Kier alpha value is -3.10. The molecule has 1 atom stereocenters. The summed E-state index contributed by atoms with van der Waals surface area (Å²) < 4.78 is 7.14. The molecule has 1 unspecified atom stereocenters. The molecule has 0 saturated carbocycles. The number of amides is 2. The van der Waals surface area contributed by atoms with Crippen molar-refractivity contribution in [1.29, 1.82) is 0 Å². The van der Waals surface area contributed by atoms with Crippen molar-refractivity contribution >= 4 is 29.0 Å². The Labute approximate surface area is 198 Å². The molecule has 3 heterocycles. The summed E-state index contributed by atoms with van der Waals surface area (Å²) in [6.45, 7) is 9.35. The van der Waals surface area contributed by atoms with Crippen LogP contribution in [0, 0.1) is 0 Å². The molecule has 0 aliphatic carbocycles. The van der Waals surface area contributed by atoms with Gasteiger partial charge in [-0.05, 0) is 68.8 Å². The van der Waals surface area contributed by atoms with Crippen LogP contribution in [0.2, 0.25) is 0 Å². The zero-order chi connectivity index (χ0) is 23.4. The Morgan fingerprint density at radius 3 is 2.55 bits per heavy atom. The summed E-state index contributed by atoms with van der Waals surface area (Å²) in [6, 6.07) is 10.3. The molecule has 1 aromatic carbocycles. The molecule has 1 aliphatic heterocycles. The van der Waals surface area contributed by atoms with E-state index >= 15 is 0 Å². The second-order valence-electron chi connectivity index (χ2n) is 8.05. The van der Waals surface area contributed by atoms with E-state index in [-0.39, 0.29) is 18.0 Å². The summed E-state index contributed by atoms with van der Waals surface area (Å²) in [7, 11) is 0. The number of aromatic nitrogens is 1. The first-order valence-electron chi connectivity index (χ1n) is 11.3. The van der Waals surface area contributed by atoms with Crippen LogP contribution < -0.4 is 10.6 Å². The zero-order valence-corrected chi connectivity index (χ0v) is 20.1. The maximum atomic E-state index is 12.8. The summed E-state index contributed by atoms with van der Waals surface area (Å²) in [5.74, 6) is -0.372. The summed E-state index contributed by atoms with van der Waals surface area (Å²) in [4.78, 5) is 28.4. The fourth-order valence-corrected chi connectivity index (χ4v) is 5.64. The quantitative estimate of drug-likeness (QED) is 0.482. The Balaban J connectivity index is 1.50. The van der Waals surface area contributed by atoms with Gasteiger partial charge >= 0.3 is 12.0 Å². The third-order valence-electron chi connectivity index (χ3n) is 5.88. The Kier molecular flexibility index (Phi) is 7.15. The lowest BCUT2D eigenvalue weighted by Gasteiger charge is -2.26. The van der Waals surface area contributed by atoms with E-state index in [9.17, 15) is 9.59 Å². The highest BCUT2D eigenvalue weighted by Gasteiger charge is 2.28. The molecule has 0 bridgehead atoms. The molecule has 33 heavy (non-hydrogen) atoms. The van der Waals surface area contributed by atoms with Gasteiger partial charge in [0.1, 0.15) is 5.00 Å². The molecular weight excluding hydrogens is 436 g/mol. The van der Waals surface area contributed by atoms with Gasteiger partial charge in [-0.25, -0.2) is 9.59 Å². The predicted molar refractivity (Wildman–Crippen MR) is 131 cm³/mol. The van der Waals surface area contributed by atoms with Crippen LogP contribution in [0.4, 0.5) is 10.5 Å². The van der Waals surface area contributed by atoms with Gasteiger partial charge in [-0.15, -0.1) is 11.3 Å². The number of urea groups is 1. The number of carbonyl (C=O) groups excluding carboxylic acids is 2. The van der Waals surface area contributed by atoms with Crippen molar-refractivity contribution in [3.63, 3.8) is 0 Å². The van der Waals surface area contributed by atoms with Crippen LogP contribution in [0.1, 0.15) is 53.2 Å². The number of thiophene rings is 1. The highest BCUT2D eigenvalue weighted by molar-refractivity contribution is 7.15. The van der Waals surface area contributed by atoms with Gasteiger partial charge < -0.3 is 19.9 Å². The van der Waals surface area contributed by atoms with E-state index in [0.717, 1.165) is 31.1 Å². The number of anilines is 1. The zero-order valence-electron chi connectivity index (χ0n) is 19.3. The maximum absolute atomic E-state index is 12.8. The minimum absolute atomic E-state index is 0.158. The summed E-state index contributed by atoms with van der Waals surface area (Å²) in [5.41, 5.74) is 3.62. The largest absolute Gasteiger partial charge is 0.462 e. The topological polar surface area (TPSA) is 75.6 Å². The fourth-order valence-electron chi connectivity index (χ4n) is 4.18. The van der Waals surface area contributed by atoms with Gasteiger partial charge in [0.05, 0.1) is 18.2 Å². The monoisotopic (exact) mass is 466 g/mol. The lowest BCUT2D eigenvalue weighted by molar-refractivity contribution is 0.0526. The Morgan fingerprint density at radius 2 is 1.88 bits per heavy atom. The molecule has 0 fully saturated rings. The Bertz CT molecular complexity index is 1110. The molecule has 2 aromatic heterocycles. The molecule has 0 saturated heterocycles. The molecule has 2 amide bonds. The number of nitrogens with one attached hydrogen (secondary N) is 2. The number of hydrogen-bond acceptors (Lipinski definition) is 5. The second-order valence-corrected chi connectivity index (χ2v) is 9.13. The van der Waals surface area contributed by atoms with Crippen LogP contribution in [0.25, 0.3) is 5.00 Å². The first-order chi connectivity index (χ1) is 16.0. The van der Waals surface area contributed by atoms with Crippen LogP contribution >= 0.6 is 11.3 Å². The Morgan fingerprint density at radius 1 is 1.15 bits per heavy atom. The molecule has 2 N–H and O–H groups in total. The van der Waals surface area contributed by atoms with Gasteiger partial charge in [0, 0.05) is 41.6 Å². The number of likely N-dealkylation sites (N-methyl/N-ethyl adjacent to an activating group) is 1. The van der Waals surface area contributed by atoms with Crippen molar-refractivity contribution in [3.8, 4) is 5.00 Å². The van der Waals surface area contributed by atoms with E-state index in [1.165, 1.54) is 16.0 Å². The van der Waals surface area contributed by atoms with Gasteiger partial charge in [0.15, 0.2) is 0 Å². The van der Waals surface area contributed by atoms with E-state index in [0.29, 0.717) is 17.9 Å². The van der Waals surface area contributed by atoms with Crippen molar-refractivity contribution in [2.75, 3.05) is 25.0 Å². The highest BCUT2D eigenvalue weighted by Crippen LogP contribution is 2.39. The van der Waals surface area contributed by atoms with Crippen LogP contribution in [0.5, 0.6) is 0 Å². The lowest BCUT2D eigenvalue weighted by atomic mass is 9.98. The van der Waals surface area contributed by atoms with Crippen LogP contribution in [-0.2, 0) is 17.7 Å². The number of carbonyl (C=O) groups is 2. The molecule has 174 valence electrons. The van der Waals surface area contributed by atoms with Crippen molar-refractivity contribution < 1.29 is 14.3 Å².